The molecule has 1 aromatic rings. The van der Waals surface area contributed by atoms with Crippen LogP contribution in [0, 0.1) is 0 Å². The van der Waals surface area contributed by atoms with Crippen molar-refractivity contribution in [2.75, 3.05) is 18.5 Å². The second kappa shape index (κ2) is 5.61. The lowest BCUT2D eigenvalue weighted by Crippen LogP contribution is -2.27. The first kappa shape index (κ1) is 13.2. The molecule has 1 heterocycles. The molecule has 0 amide bonds. The quantitative estimate of drug-likeness (QED) is 0.894. The van der Waals surface area contributed by atoms with Crippen molar-refractivity contribution in [2.24, 2.45) is 0 Å². The van der Waals surface area contributed by atoms with Gasteiger partial charge in [0, 0.05) is 18.8 Å². The summed E-state index contributed by atoms with van der Waals surface area (Å²) in [7, 11) is 0. The predicted octanol–water partition coefficient (Wildman–Crippen LogP) is 3.69. The molecule has 5 heteroatoms. The second-order valence-electron chi connectivity index (χ2n) is 4.41. The molecule has 1 unspecified atom stereocenters. The Kier molecular flexibility index (Phi) is 4.11. The normalized spacial score (nSPS) is 20.7. The molecule has 1 N–H and O–H groups in total. The highest BCUT2D eigenvalue weighted by Gasteiger charge is 2.33. The minimum Gasteiger partial charge on any atom is -0.382 e. The molecule has 0 radical (unpaired) electrons. The molecule has 0 saturated carbocycles. The van der Waals surface area contributed by atoms with Gasteiger partial charge in [-0.05, 0) is 31.4 Å². The summed E-state index contributed by atoms with van der Waals surface area (Å²) in [5.41, 5.74) is -0.500. The third kappa shape index (κ3) is 3.38. The van der Waals surface area contributed by atoms with Gasteiger partial charge in [0.05, 0.1) is 11.7 Å². The monoisotopic (exact) mass is 259 g/mol. The first-order valence-corrected chi connectivity index (χ1v) is 6.09. The van der Waals surface area contributed by atoms with Crippen LogP contribution in [0.2, 0.25) is 0 Å². The zero-order valence-electron chi connectivity index (χ0n) is 9.96. The van der Waals surface area contributed by atoms with Crippen LogP contribution in [0.15, 0.2) is 24.3 Å². The van der Waals surface area contributed by atoms with Crippen molar-refractivity contribution in [3.63, 3.8) is 0 Å². The SMILES string of the molecule is FC(F)(F)c1ccccc1NCC1CCCCO1. The second-order valence-corrected chi connectivity index (χ2v) is 4.41. The third-order valence-corrected chi connectivity index (χ3v) is 3.03. The Bertz CT molecular complexity index is 386. The smallest absolute Gasteiger partial charge is 0.382 e. The average Bonchev–Trinajstić information content (AvgIpc) is 2.37. The maximum atomic E-state index is 12.7. The summed E-state index contributed by atoms with van der Waals surface area (Å²) in [5, 5.41) is 2.84. The highest BCUT2D eigenvalue weighted by atomic mass is 19.4. The van der Waals surface area contributed by atoms with Crippen molar-refractivity contribution in [2.45, 2.75) is 31.5 Å². The first-order chi connectivity index (χ1) is 8.57. The molecule has 1 fully saturated rings. The van der Waals surface area contributed by atoms with E-state index in [-0.39, 0.29) is 11.8 Å². The van der Waals surface area contributed by atoms with Gasteiger partial charge in [0.25, 0.3) is 0 Å². The number of alkyl halides is 3. The molecule has 2 nitrogen and oxygen atoms in total. The molecular formula is C13H16F3NO. The van der Waals surface area contributed by atoms with E-state index in [2.05, 4.69) is 5.32 Å². The fraction of sp³-hybridized carbons (Fsp3) is 0.538. The number of halogens is 3. The van der Waals surface area contributed by atoms with Gasteiger partial charge in [-0.2, -0.15) is 13.2 Å². The number of para-hydroxylation sites is 1. The Balaban J connectivity index is 2.00. The van der Waals surface area contributed by atoms with E-state index in [0.29, 0.717) is 13.2 Å². The Morgan fingerprint density at radius 3 is 2.67 bits per heavy atom. The molecule has 1 aliphatic rings. The van der Waals surface area contributed by atoms with E-state index in [9.17, 15) is 13.2 Å². The van der Waals surface area contributed by atoms with Gasteiger partial charge in [0.1, 0.15) is 0 Å². The van der Waals surface area contributed by atoms with Crippen LogP contribution in [0.4, 0.5) is 18.9 Å². The Labute approximate surface area is 104 Å². The summed E-state index contributed by atoms with van der Waals surface area (Å²) in [6, 6.07) is 5.53. The molecule has 1 atom stereocenters. The maximum Gasteiger partial charge on any atom is 0.418 e. The van der Waals surface area contributed by atoms with Gasteiger partial charge in [-0.15, -0.1) is 0 Å². The summed E-state index contributed by atoms with van der Waals surface area (Å²) in [6.07, 6.45) is -1.29. The summed E-state index contributed by atoms with van der Waals surface area (Å²) >= 11 is 0. The van der Waals surface area contributed by atoms with Crippen LogP contribution in [-0.2, 0) is 10.9 Å². The predicted molar refractivity (Wildman–Crippen MR) is 63.5 cm³/mol. The van der Waals surface area contributed by atoms with Crippen LogP contribution in [-0.4, -0.2) is 19.3 Å². The van der Waals surface area contributed by atoms with E-state index in [4.69, 9.17) is 4.74 Å². The topological polar surface area (TPSA) is 21.3 Å². The summed E-state index contributed by atoms with van der Waals surface area (Å²) < 4.78 is 43.7. The molecule has 1 aromatic carbocycles. The molecule has 0 aromatic heterocycles. The molecule has 0 aliphatic carbocycles. The van der Waals surface area contributed by atoms with Gasteiger partial charge in [-0.3, -0.25) is 0 Å². The first-order valence-electron chi connectivity index (χ1n) is 6.09. The van der Waals surface area contributed by atoms with Gasteiger partial charge < -0.3 is 10.1 Å². The molecule has 1 aliphatic heterocycles. The van der Waals surface area contributed by atoms with Crippen LogP contribution in [0.1, 0.15) is 24.8 Å². The van der Waals surface area contributed by atoms with Crippen LogP contribution < -0.4 is 5.32 Å². The fourth-order valence-electron chi connectivity index (χ4n) is 2.08. The van der Waals surface area contributed by atoms with E-state index in [0.717, 1.165) is 25.3 Å². The van der Waals surface area contributed by atoms with Gasteiger partial charge in [-0.25, -0.2) is 0 Å². The molecule has 1 saturated heterocycles. The number of rotatable bonds is 3. The number of hydrogen-bond donors (Lipinski definition) is 1. The van der Waals surface area contributed by atoms with Crippen molar-refractivity contribution in [3.05, 3.63) is 29.8 Å². The van der Waals surface area contributed by atoms with E-state index in [1.165, 1.54) is 12.1 Å². The lowest BCUT2D eigenvalue weighted by molar-refractivity contribution is -0.137. The minimum absolute atomic E-state index is 0.0139. The van der Waals surface area contributed by atoms with Gasteiger partial charge in [0.15, 0.2) is 0 Å². The molecule has 0 spiro atoms. The largest absolute Gasteiger partial charge is 0.418 e. The Hall–Kier alpha value is -1.23. The zero-order chi connectivity index (χ0) is 13.0. The Morgan fingerprint density at radius 1 is 1.22 bits per heavy atom. The molecular weight excluding hydrogens is 243 g/mol. The summed E-state index contributed by atoms with van der Waals surface area (Å²) in [5.74, 6) is 0. The van der Waals surface area contributed by atoms with Crippen molar-refractivity contribution in [3.8, 4) is 0 Å². The average molecular weight is 259 g/mol. The zero-order valence-corrected chi connectivity index (χ0v) is 9.96. The number of hydrogen-bond acceptors (Lipinski definition) is 2. The number of ether oxygens (including phenoxy) is 1. The number of nitrogens with one attached hydrogen (secondary N) is 1. The highest BCUT2D eigenvalue weighted by Crippen LogP contribution is 2.34. The van der Waals surface area contributed by atoms with Crippen LogP contribution in [0.3, 0.4) is 0 Å². The van der Waals surface area contributed by atoms with Gasteiger partial charge in [0.2, 0.25) is 0 Å². The summed E-state index contributed by atoms with van der Waals surface area (Å²) in [4.78, 5) is 0. The number of benzene rings is 1. The Morgan fingerprint density at radius 2 is 2.00 bits per heavy atom. The molecule has 18 heavy (non-hydrogen) atoms. The van der Waals surface area contributed by atoms with Crippen LogP contribution >= 0.6 is 0 Å². The van der Waals surface area contributed by atoms with Crippen molar-refractivity contribution < 1.29 is 17.9 Å². The number of anilines is 1. The van der Waals surface area contributed by atoms with Crippen molar-refractivity contribution >= 4 is 5.69 Å². The van der Waals surface area contributed by atoms with Crippen LogP contribution in [0.25, 0.3) is 0 Å². The van der Waals surface area contributed by atoms with E-state index in [1.807, 2.05) is 0 Å². The van der Waals surface area contributed by atoms with Gasteiger partial charge >= 0.3 is 6.18 Å². The third-order valence-electron chi connectivity index (χ3n) is 3.03. The summed E-state index contributed by atoms with van der Waals surface area (Å²) in [6.45, 7) is 1.13. The molecule has 2 rings (SSSR count). The maximum absolute atomic E-state index is 12.7. The highest BCUT2D eigenvalue weighted by molar-refractivity contribution is 5.52. The lowest BCUT2D eigenvalue weighted by atomic mass is 10.1. The molecule has 0 bridgehead atoms. The van der Waals surface area contributed by atoms with Crippen molar-refractivity contribution in [1.82, 2.24) is 0 Å². The van der Waals surface area contributed by atoms with Gasteiger partial charge in [-0.1, -0.05) is 12.1 Å². The van der Waals surface area contributed by atoms with Crippen LogP contribution in [0.5, 0.6) is 0 Å². The minimum atomic E-state index is -4.32. The fourth-order valence-corrected chi connectivity index (χ4v) is 2.08. The van der Waals surface area contributed by atoms with E-state index in [1.54, 1.807) is 6.07 Å². The standard InChI is InChI=1S/C13H16F3NO/c14-13(15,16)11-6-1-2-7-12(11)17-9-10-5-3-4-8-18-10/h1-2,6-7,10,17H,3-5,8-9H2. The van der Waals surface area contributed by atoms with E-state index < -0.39 is 11.7 Å². The van der Waals surface area contributed by atoms with Crippen molar-refractivity contribution in [1.29, 1.82) is 0 Å². The van der Waals surface area contributed by atoms with E-state index >= 15 is 0 Å². The molecule has 100 valence electrons. The lowest BCUT2D eigenvalue weighted by Gasteiger charge is -2.24.